The van der Waals surface area contributed by atoms with Crippen LogP contribution in [0, 0.1) is 17.3 Å². The topological polar surface area (TPSA) is 0 Å². The predicted molar refractivity (Wildman–Crippen MR) is 92.5 cm³/mol. The lowest BCUT2D eigenvalue weighted by Gasteiger charge is -2.42. The minimum absolute atomic E-state index is 0.377. The molecule has 0 aliphatic heterocycles. The molecule has 0 bridgehead atoms. The Hall–Kier alpha value is -0.300. The van der Waals surface area contributed by atoms with E-state index in [2.05, 4.69) is 67.9 Å². The van der Waals surface area contributed by atoms with Crippen LogP contribution < -0.4 is 0 Å². The maximum Gasteiger partial charge on any atom is 0.0181 e. The van der Waals surface area contributed by atoms with Crippen LogP contribution in [0.25, 0.3) is 0 Å². The molecule has 1 aromatic carbocycles. The third-order valence-corrected chi connectivity index (χ3v) is 6.14. The molecule has 20 heavy (non-hydrogen) atoms. The van der Waals surface area contributed by atoms with E-state index in [9.17, 15) is 0 Å². The van der Waals surface area contributed by atoms with Crippen LogP contribution in [0.3, 0.4) is 0 Å². The number of benzene rings is 1. The molecule has 0 nitrogen and oxygen atoms in total. The Morgan fingerprint density at radius 1 is 1.10 bits per heavy atom. The summed E-state index contributed by atoms with van der Waals surface area (Å²) in [5.41, 5.74) is 3.31. The van der Waals surface area contributed by atoms with E-state index in [4.69, 9.17) is 0 Å². The lowest BCUT2D eigenvalue weighted by atomic mass is 9.66. The Bertz CT molecular complexity index is 418. The first kappa shape index (κ1) is 16.1. The molecular formula is C19H29Br. The van der Waals surface area contributed by atoms with Gasteiger partial charge in [0.2, 0.25) is 0 Å². The fraction of sp³-hybridized carbons (Fsp3) is 0.684. The Morgan fingerprint density at radius 2 is 1.70 bits per heavy atom. The molecule has 2 rings (SSSR count). The van der Waals surface area contributed by atoms with Crippen LogP contribution >= 0.6 is 15.9 Å². The molecule has 0 N–H and O–H groups in total. The van der Waals surface area contributed by atoms with Gasteiger partial charge in [0.25, 0.3) is 0 Å². The van der Waals surface area contributed by atoms with Gasteiger partial charge in [-0.2, -0.15) is 0 Å². The number of rotatable bonds is 4. The summed E-state index contributed by atoms with van der Waals surface area (Å²) in [6, 6.07) is 9.24. The molecule has 1 heteroatoms. The Kier molecular flexibility index (Phi) is 5.34. The van der Waals surface area contributed by atoms with Crippen molar-refractivity contribution < 1.29 is 0 Å². The van der Waals surface area contributed by atoms with Crippen LogP contribution in [0.4, 0.5) is 0 Å². The molecule has 1 aliphatic carbocycles. The lowest BCUT2D eigenvalue weighted by molar-refractivity contribution is 0.147. The van der Waals surface area contributed by atoms with Crippen LogP contribution in [-0.2, 0) is 12.8 Å². The minimum atomic E-state index is 0.377. The standard InChI is InChI=1S/C19H29Br/c1-5-15-7-9-16(10-8-15)13-19(3,4)17-11-6-14(2)12-18(17)20/h7-10,14,17-18H,5-6,11-13H2,1-4H3. The molecule has 112 valence electrons. The van der Waals surface area contributed by atoms with Gasteiger partial charge in [0.1, 0.15) is 0 Å². The van der Waals surface area contributed by atoms with Crippen molar-refractivity contribution in [3.8, 4) is 0 Å². The molecule has 1 aromatic rings. The van der Waals surface area contributed by atoms with E-state index in [1.54, 1.807) is 0 Å². The van der Waals surface area contributed by atoms with Gasteiger partial charge in [0.05, 0.1) is 0 Å². The third-order valence-electron chi connectivity index (χ3n) is 5.13. The maximum atomic E-state index is 3.97. The average molecular weight is 337 g/mol. The fourth-order valence-electron chi connectivity index (χ4n) is 3.74. The molecule has 0 radical (unpaired) electrons. The van der Waals surface area contributed by atoms with Crippen LogP contribution in [0.15, 0.2) is 24.3 Å². The van der Waals surface area contributed by atoms with Gasteiger partial charge in [-0.15, -0.1) is 0 Å². The van der Waals surface area contributed by atoms with E-state index in [1.807, 2.05) is 0 Å². The summed E-state index contributed by atoms with van der Waals surface area (Å²) in [4.78, 5) is 0.691. The zero-order valence-corrected chi connectivity index (χ0v) is 15.0. The normalized spacial score (nSPS) is 27.6. The van der Waals surface area contributed by atoms with Crippen molar-refractivity contribution in [2.24, 2.45) is 17.3 Å². The summed E-state index contributed by atoms with van der Waals surface area (Å²) < 4.78 is 0. The first-order valence-electron chi connectivity index (χ1n) is 8.14. The predicted octanol–water partition coefficient (Wildman–Crippen LogP) is 6.02. The number of aryl methyl sites for hydroxylation is 1. The van der Waals surface area contributed by atoms with Gasteiger partial charge in [0, 0.05) is 4.83 Å². The summed E-state index contributed by atoms with van der Waals surface area (Å²) >= 11 is 3.97. The molecule has 1 saturated carbocycles. The largest absolute Gasteiger partial charge is 0.0887 e. The van der Waals surface area contributed by atoms with Gasteiger partial charge in [-0.05, 0) is 54.1 Å². The van der Waals surface area contributed by atoms with Gasteiger partial charge in [0.15, 0.2) is 0 Å². The van der Waals surface area contributed by atoms with E-state index in [0.717, 1.165) is 18.3 Å². The second-order valence-corrected chi connectivity index (χ2v) is 8.55. The highest BCUT2D eigenvalue weighted by molar-refractivity contribution is 9.09. The SMILES string of the molecule is CCc1ccc(CC(C)(C)C2CCC(C)CC2Br)cc1. The van der Waals surface area contributed by atoms with E-state index in [1.165, 1.54) is 36.8 Å². The van der Waals surface area contributed by atoms with Gasteiger partial charge >= 0.3 is 0 Å². The van der Waals surface area contributed by atoms with Crippen molar-refractivity contribution in [2.45, 2.75) is 64.6 Å². The fourth-order valence-corrected chi connectivity index (χ4v) is 5.36. The summed E-state index contributed by atoms with van der Waals surface area (Å²) in [5.74, 6) is 1.68. The van der Waals surface area contributed by atoms with E-state index < -0.39 is 0 Å². The third kappa shape index (κ3) is 3.87. The van der Waals surface area contributed by atoms with Crippen molar-refractivity contribution in [3.63, 3.8) is 0 Å². The summed E-state index contributed by atoms with van der Waals surface area (Å²) in [6.45, 7) is 9.52. The summed E-state index contributed by atoms with van der Waals surface area (Å²) in [7, 11) is 0. The van der Waals surface area contributed by atoms with Crippen LogP contribution in [-0.4, -0.2) is 4.83 Å². The zero-order chi connectivity index (χ0) is 14.8. The highest BCUT2D eigenvalue weighted by Gasteiger charge is 2.37. The van der Waals surface area contributed by atoms with Crippen molar-refractivity contribution in [3.05, 3.63) is 35.4 Å². The van der Waals surface area contributed by atoms with Gasteiger partial charge in [-0.1, -0.05) is 74.3 Å². The number of hydrogen-bond acceptors (Lipinski definition) is 0. The molecule has 1 aliphatic rings. The van der Waals surface area contributed by atoms with Gasteiger partial charge in [-0.25, -0.2) is 0 Å². The summed E-state index contributed by atoms with van der Waals surface area (Å²) in [5, 5.41) is 0. The highest BCUT2D eigenvalue weighted by Crippen LogP contribution is 2.45. The molecule has 0 aromatic heterocycles. The first-order chi connectivity index (χ1) is 9.42. The Balaban J connectivity index is 2.05. The van der Waals surface area contributed by atoms with Crippen molar-refractivity contribution >= 4 is 15.9 Å². The van der Waals surface area contributed by atoms with Crippen molar-refractivity contribution in [1.29, 1.82) is 0 Å². The van der Waals surface area contributed by atoms with E-state index >= 15 is 0 Å². The first-order valence-corrected chi connectivity index (χ1v) is 9.06. The van der Waals surface area contributed by atoms with Gasteiger partial charge < -0.3 is 0 Å². The smallest absolute Gasteiger partial charge is 0.0181 e. The molecule has 0 spiro atoms. The molecule has 1 fully saturated rings. The molecule has 0 heterocycles. The van der Waals surface area contributed by atoms with E-state index in [-0.39, 0.29) is 0 Å². The van der Waals surface area contributed by atoms with Crippen LogP contribution in [0.5, 0.6) is 0 Å². The zero-order valence-electron chi connectivity index (χ0n) is 13.5. The number of halogens is 1. The Morgan fingerprint density at radius 3 is 2.25 bits per heavy atom. The minimum Gasteiger partial charge on any atom is -0.0887 e. The molecule has 3 unspecified atom stereocenters. The Labute approximate surface area is 133 Å². The molecule has 0 saturated heterocycles. The second kappa shape index (κ2) is 6.64. The lowest BCUT2D eigenvalue weighted by Crippen LogP contribution is -2.37. The van der Waals surface area contributed by atoms with E-state index in [0.29, 0.717) is 10.2 Å². The highest BCUT2D eigenvalue weighted by atomic mass is 79.9. The second-order valence-electron chi connectivity index (χ2n) is 7.38. The molecule has 0 amide bonds. The molecule has 3 atom stereocenters. The quantitative estimate of drug-likeness (QED) is 0.590. The molecular weight excluding hydrogens is 308 g/mol. The monoisotopic (exact) mass is 336 g/mol. The number of alkyl halides is 1. The average Bonchev–Trinajstić information content (AvgIpc) is 2.38. The maximum absolute atomic E-state index is 3.97. The van der Waals surface area contributed by atoms with Gasteiger partial charge in [-0.3, -0.25) is 0 Å². The van der Waals surface area contributed by atoms with Crippen LogP contribution in [0.2, 0.25) is 0 Å². The van der Waals surface area contributed by atoms with Crippen molar-refractivity contribution in [1.82, 2.24) is 0 Å². The van der Waals surface area contributed by atoms with Crippen molar-refractivity contribution in [2.75, 3.05) is 0 Å². The summed E-state index contributed by atoms with van der Waals surface area (Å²) in [6.07, 6.45) is 6.43. The van der Waals surface area contributed by atoms with Crippen LogP contribution in [0.1, 0.15) is 58.1 Å². The number of hydrogen-bond donors (Lipinski definition) is 0.